The molecule has 0 radical (unpaired) electrons. The zero-order valence-electron chi connectivity index (χ0n) is 22.0. The summed E-state index contributed by atoms with van der Waals surface area (Å²) in [5.74, 6) is 1.06. The van der Waals surface area contributed by atoms with Crippen molar-refractivity contribution in [3.05, 3.63) is 53.9 Å². The topological polar surface area (TPSA) is 119 Å². The van der Waals surface area contributed by atoms with Gasteiger partial charge in [-0.15, -0.1) is 0 Å². The summed E-state index contributed by atoms with van der Waals surface area (Å²) >= 11 is 0. The lowest BCUT2D eigenvalue weighted by Crippen LogP contribution is -2.52. The lowest BCUT2D eigenvalue weighted by molar-refractivity contribution is -0.132. The third kappa shape index (κ3) is 4.86. The lowest BCUT2D eigenvalue weighted by Gasteiger charge is -2.39. The second-order valence-electron chi connectivity index (χ2n) is 11.5. The van der Waals surface area contributed by atoms with Gasteiger partial charge in [-0.05, 0) is 63.8 Å². The number of fused-ring (bicyclic) bond motifs is 1. The van der Waals surface area contributed by atoms with Crippen LogP contribution in [0.2, 0.25) is 0 Å². The van der Waals surface area contributed by atoms with Crippen molar-refractivity contribution in [3.8, 4) is 11.5 Å². The van der Waals surface area contributed by atoms with E-state index in [9.17, 15) is 9.59 Å². The predicted octanol–water partition coefficient (Wildman–Crippen LogP) is 3.51. The Hall–Kier alpha value is -3.62. The molecule has 2 aliphatic heterocycles. The number of carbonyl (C=O) groups is 2. The number of nitrogens with one attached hydrogen (secondary N) is 1. The molecule has 1 aliphatic carbocycles. The molecule has 9 heteroatoms. The molecule has 2 amide bonds. The summed E-state index contributed by atoms with van der Waals surface area (Å²) in [5.41, 5.74) is 7.03. The van der Waals surface area contributed by atoms with Crippen molar-refractivity contribution in [2.75, 3.05) is 7.11 Å². The molecule has 1 saturated carbocycles. The molecule has 37 heavy (non-hydrogen) atoms. The Balaban J connectivity index is 1.41. The van der Waals surface area contributed by atoms with Crippen LogP contribution in [0, 0.1) is 11.8 Å². The zero-order chi connectivity index (χ0) is 26.5. The minimum Gasteiger partial charge on any atom is -0.496 e. The molecule has 0 spiro atoms. The van der Waals surface area contributed by atoms with Crippen LogP contribution in [0.15, 0.2) is 47.7 Å². The van der Waals surface area contributed by atoms with Crippen molar-refractivity contribution in [2.45, 2.75) is 70.2 Å². The molecule has 196 valence electrons. The number of methoxy groups -OCH3 is 1. The van der Waals surface area contributed by atoms with E-state index >= 15 is 0 Å². The highest BCUT2D eigenvalue weighted by molar-refractivity contribution is 5.99. The van der Waals surface area contributed by atoms with E-state index < -0.39 is 17.2 Å². The van der Waals surface area contributed by atoms with E-state index in [1.807, 2.05) is 58.0 Å². The van der Waals surface area contributed by atoms with Crippen molar-refractivity contribution >= 4 is 17.8 Å². The normalized spacial score (nSPS) is 26.3. The summed E-state index contributed by atoms with van der Waals surface area (Å²) in [5, 5.41) is 3.26. The quantitative estimate of drug-likeness (QED) is 0.620. The lowest BCUT2D eigenvalue weighted by atomic mass is 9.89. The van der Waals surface area contributed by atoms with Gasteiger partial charge in [0.1, 0.15) is 17.1 Å². The van der Waals surface area contributed by atoms with Gasteiger partial charge in [-0.2, -0.15) is 0 Å². The van der Waals surface area contributed by atoms with Gasteiger partial charge in [0.2, 0.25) is 11.8 Å². The van der Waals surface area contributed by atoms with Gasteiger partial charge in [0, 0.05) is 24.7 Å². The first-order valence-electron chi connectivity index (χ1n) is 12.7. The molecule has 1 fully saturated rings. The molecule has 9 nitrogen and oxygen atoms in total. The Labute approximate surface area is 217 Å². The first-order valence-corrected chi connectivity index (χ1v) is 12.7. The number of carbonyl (C=O) groups excluding carboxylic acids is 2. The molecule has 3 N–H and O–H groups in total. The van der Waals surface area contributed by atoms with Crippen molar-refractivity contribution < 1.29 is 19.1 Å². The Morgan fingerprint density at radius 3 is 2.70 bits per heavy atom. The average Bonchev–Trinajstić information content (AvgIpc) is 3.60. The fourth-order valence-corrected chi connectivity index (χ4v) is 5.76. The standard InChI is InChI=1S/C28H35N5O4/c1-27(2)14-22(34)33(26(29)32-27)24(16-8-7-11-30-15-16)17-12-18(17)25(35)31-19-13-28(3,4)37-21-10-6-9-20(36-5)23(19)21/h6-11,15,17-19,24H,12-14H2,1-5H3,(H2,29,32)(H,31,35)/t17-,18-,19-,24+/m0/s1. The number of nitrogens with zero attached hydrogens (tertiary/aromatic N) is 3. The Kier molecular flexibility index (Phi) is 6.12. The van der Waals surface area contributed by atoms with Gasteiger partial charge in [0.05, 0.1) is 36.7 Å². The van der Waals surface area contributed by atoms with Gasteiger partial charge >= 0.3 is 0 Å². The largest absolute Gasteiger partial charge is 0.496 e. The molecule has 0 bridgehead atoms. The Morgan fingerprint density at radius 2 is 2.03 bits per heavy atom. The molecule has 3 heterocycles. The minimum atomic E-state index is -0.556. The van der Waals surface area contributed by atoms with Crippen LogP contribution < -0.4 is 20.5 Å². The molecule has 1 aromatic carbocycles. The van der Waals surface area contributed by atoms with Crippen LogP contribution in [0.5, 0.6) is 11.5 Å². The maximum Gasteiger partial charge on any atom is 0.232 e. The van der Waals surface area contributed by atoms with Crippen LogP contribution in [0.1, 0.15) is 70.2 Å². The van der Waals surface area contributed by atoms with Gasteiger partial charge in [0.15, 0.2) is 5.96 Å². The number of hydrogen-bond acceptors (Lipinski definition) is 7. The molecule has 5 rings (SSSR count). The van der Waals surface area contributed by atoms with E-state index in [-0.39, 0.29) is 42.1 Å². The van der Waals surface area contributed by atoms with E-state index in [2.05, 4.69) is 15.3 Å². The second kappa shape index (κ2) is 9.04. The highest BCUT2D eigenvalue weighted by Crippen LogP contribution is 2.52. The van der Waals surface area contributed by atoms with Crippen LogP contribution in [0.4, 0.5) is 0 Å². The third-order valence-corrected chi connectivity index (χ3v) is 7.40. The first kappa shape index (κ1) is 25.0. The van der Waals surface area contributed by atoms with Crippen LogP contribution in [0.3, 0.4) is 0 Å². The SMILES string of the molecule is COc1cccc2c1[C@@H](NC(=O)[C@H]1C[C@@H]1[C@@H](c1cccnc1)N1C(=O)CC(C)(C)N=C1N)CC(C)(C)O2. The molecule has 0 unspecified atom stereocenters. The molecule has 0 saturated heterocycles. The monoisotopic (exact) mass is 505 g/mol. The summed E-state index contributed by atoms with van der Waals surface area (Å²) in [7, 11) is 1.62. The molecule has 3 aliphatic rings. The number of benzene rings is 1. The number of aromatic nitrogens is 1. The predicted molar refractivity (Wildman–Crippen MR) is 139 cm³/mol. The fourth-order valence-electron chi connectivity index (χ4n) is 5.76. The molecule has 4 atom stereocenters. The molecular weight excluding hydrogens is 470 g/mol. The maximum atomic E-state index is 13.6. The van der Waals surface area contributed by atoms with Crippen LogP contribution in [0.25, 0.3) is 0 Å². The van der Waals surface area contributed by atoms with E-state index in [0.29, 0.717) is 24.3 Å². The average molecular weight is 506 g/mol. The summed E-state index contributed by atoms with van der Waals surface area (Å²) in [6.07, 6.45) is 4.92. The van der Waals surface area contributed by atoms with Crippen molar-refractivity contribution in [1.82, 2.24) is 15.2 Å². The maximum absolute atomic E-state index is 13.6. The summed E-state index contributed by atoms with van der Waals surface area (Å²) in [4.78, 5) is 37.3. The smallest absolute Gasteiger partial charge is 0.232 e. The van der Waals surface area contributed by atoms with Gasteiger partial charge in [-0.25, -0.2) is 4.99 Å². The number of pyridine rings is 1. The van der Waals surface area contributed by atoms with E-state index in [1.54, 1.807) is 24.4 Å². The number of nitrogens with two attached hydrogens (primary N) is 1. The number of amides is 2. The van der Waals surface area contributed by atoms with Crippen LogP contribution in [-0.4, -0.2) is 45.9 Å². The highest BCUT2D eigenvalue weighted by Gasteiger charge is 2.53. The summed E-state index contributed by atoms with van der Waals surface area (Å²) in [6, 6.07) is 8.75. The van der Waals surface area contributed by atoms with E-state index in [4.69, 9.17) is 15.2 Å². The van der Waals surface area contributed by atoms with Crippen molar-refractivity contribution in [3.63, 3.8) is 0 Å². The van der Waals surface area contributed by atoms with Gasteiger partial charge in [0.25, 0.3) is 0 Å². The number of aliphatic imine (C=N–C) groups is 1. The number of rotatable bonds is 6. The molecule has 2 aromatic rings. The first-order chi connectivity index (χ1) is 17.5. The number of guanidine groups is 1. The van der Waals surface area contributed by atoms with Crippen LogP contribution in [-0.2, 0) is 9.59 Å². The fraction of sp³-hybridized carbons (Fsp3) is 0.500. The molecular formula is C28H35N5O4. The van der Waals surface area contributed by atoms with Crippen molar-refractivity contribution in [2.24, 2.45) is 22.6 Å². The van der Waals surface area contributed by atoms with E-state index in [0.717, 1.165) is 11.1 Å². The third-order valence-electron chi connectivity index (χ3n) is 7.40. The zero-order valence-corrected chi connectivity index (χ0v) is 22.0. The second-order valence-corrected chi connectivity index (χ2v) is 11.5. The van der Waals surface area contributed by atoms with Crippen molar-refractivity contribution in [1.29, 1.82) is 0 Å². The van der Waals surface area contributed by atoms with Crippen LogP contribution >= 0.6 is 0 Å². The van der Waals surface area contributed by atoms with Gasteiger partial charge in [-0.3, -0.25) is 19.5 Å². The Bertz CT molecular complexity index is 1240. The summed E-state index contributed by atoms with van der Waals surface area (Å²) in [6.45, 7) is 7.81. The number of hydrogen-bond donors (Lipinski definition) is 2. The highest BCUT2D eigenvalue weighted by atomic mass is 16.5. The Morgan fingerprint density at radius 1 is 1.24 bits per heavy atom. The minimum absolute atomic E-state index is 0.0567. The van der Waals surface area contributed by atoms with E-state index in [1.165, 1.54) is 0 Å². The van der Waals surface area contributed by atoms with Gasteiger partial charge < -0.3 is 20.5 Å². The number of ether oxygens (including phenoxy) is 2. The molecule has 1 aromatic heterocycles. The van der Waals surface area contributed by atoms with Gasteiger partial charge in [-0.1, -0.05) is 12.1 Å². The summed E-state index contributed by atoms with van der Waals surface area (Å²) < 4.78 is 11.8.